The van der Waals surface area contributed by atoms with E-state index in [0.717, 1.165) is 36.8 Å². The first-order valence-electron chi connectivity index (χ1n) is 9.82. The van der Waals surface area contributed by atoms with Crippen molar-refractivity contribution < 1.29 is 42.6 Å². The number of nitrogens with one attached hydrogen (secondary N) is 2. The predicted molar refractivity (Wildman–Crippen MR) is 108 cm³/mol. The molecule has 1 amide bonds. The number of halogens is 3. The SMILES string of the molecule is CC(C)(NCc1ccc(/C=C/C(=O)NO)cc1)C(=O)OC1CCCC1.O=C(O)C(F)(F)F. The average molecular weight is 460 g/mol. The standard InChI is InChI=1S/C19H26N2O4.C2HF3O2/c1-19(2,18(23)25-16-5-3-4-6-16)20-13-15-9-7-14(8-10-15)11-12-17(22)21-24;3-2(4,5)1(6)7/h7-12,16,20,24H,3-6,13H2,1-2H3,(H,21,22);(H,6,7)/b12-11+;. The molecule has 0 heterocycles. The van der Waals surface area contributed by atoms with Crippen LogP contribution in [0.2, 0.25) is 0 Å². The van der Waals surface area contributed by atoms with Crippen LogP contribution in [0.25, 0.3) is 6.08 Å². The minimum atomic E-state index is -5.08. The van der Waals surface area contributed by atoms with Crippen LogP contribution in [0.1, 0.15) is 50.7 Å². The molecular weight excluding hydrogens is 433 g/mol. The third kappa shape index (κ3) is 9.92. The van der Waals surface area contributed by atoms with Crippen LogP contribution < -0.4 is 10.8 Å². The smallest absolute Gasteiger partial charge is 0.475 e. The van der Waals surface area contributed by atoms with Crippen LogP contribution in [0, 0.1) is 0 Å². The van der Waals surface area contributed by atoms with Crippen LogP contribution in [0.5, 0.6) is 0 Å². The molecule has 1 fully saturated rings. The molecule has 4 N–H and O–H groups in total. The maximum absolute atomic E-state index is 12.3. The first kappa shape index (κ1) is 27.1. The Morgan fingerprint density at radius 2 is 1.66 bits per heavy atom. The quantitative estimate of drug-likeness (QED) is 0.213. The van der Waals surface area contributed by atoms with Gasteiger partial charge in [0.2, 0.25) is 0 Å². The summed E-state index contributed by atoms with van der Waals surface area (Å²) >= 11 is 0. The maximum Gasteiger partial charge on any atom is 0.490 e. The van der Waals surface area contributed by atoms with Gasteiger partial charge >= 0.3 is 18.1 Å². The van der Waals surface area contributed by atoms with Crippen molar-refractivity contribution in [3.63, 3.8) is 0 Å². The van der Waals surface area contributed by atoms with Crippen molar-refractivity contribution in [3.05, 3.63) is 41.5 Å². The second kappa shape index (κ2) is 12.2. The van der Waals surface area contributed by atoms with Crippen molar-refractivity contribution in [1.29, 1.82) is 0 Å². The van der Waals surface area contributed by atoms with Gasteiger partial charge in [-0.05, 0) is 56.7 Å². The van der Waals surface area contributed by atoms with Gasteiger partial charge in [0, 0.05) is 12.6 Å². The summed E-state index contributed by atoms with van der Waals surface area (Å²) in [5.74, 6) is -3.55. The lowest BCUT2D eigenvalue weighted by atomic mass is 10.0. The van der Waals surface area contributed by atoms with E-state index in [2.05, 4.69) is 5.32 Å². The number of carbonyl (C=O) groups excluding carboxylic acids is 2. The highest BCUT2D eigenvalue weighted by Gasteiger charge is 2.38. The van der Waals surface area contributed by atoms with Crippen LogP contribution in [0.15, 0.2) is 30.3 Å². The Balaban J connectivity index is 0.000000633. The van der Waals surface area contributed by atoms with E-state index >= 15 is 0 Å². The fraction of sp³-hybridized carbons (Fsp3) is 0.476. The van der Waals surface area contributed by atoms with Crippen molar-refractivity contribution >= 4 is 23.9 Å². The molecule has 11 heteroatoms. The number of ether oxygens (including phenoxy) is 1. The Bertz CT molecular complexity index is 801. The highest BCUT2D eigenvalue weighted by molar-refractivity contribution is 5.90. The van der Waals surface area contributed by atoms with Crippen LogP contribution in [0.4, 0.5) is 13.2 Å². The van der Waals surface area contributed by atoms with Gasteiger partial charge in [-0.25, -0.2) is 10.3 Å². The van der Waals surface area contributed by atoms with E-state index in [1.165, 1.54) is 6.08 Å². The van der Waals surface area contributed by atoms with Gasteiger partial charge < -0.3 is 9.84 Å². The van der Waals surface area contributed by atoms with Gasteiger partial charge in [0.15, 0.2) is 0 Å². The topological polar surface area (TPSA) is 125 Å². The number of hydroxylamine groups is 1. The van der Waals surface area contributed by atoms with Gasteiger partial charge in [-0.15, -0.1) is 0 Å². The highest BCUT2D eigenvalue weighted by Crippen LogP contribution is 2.23. The number of hydrogen-bond donors (Lipinski definition) is 4. The number of esters is 1. The Morgan fingerprint density at radius 3 is 2.12 bits per heavy atom. The molecule has 2 rings (SSSR count). The predicted octanol–water partition coefficient (Wildman–Crippen LogP) is 3.19. The summed E-state index contributed by atoms with van der Waals surface area (Å²) in [6, 6.07) is 7.56. The number of amides is 1. The van der Waals surface area contributed by atoms with Crippen molar-refractivity contribution in [2.45, 2.75) is 63.9 Å². The molecule has 0 saturated heterocycles. The number of carboxylic acid groups (broad SMARTS) is 1. The van der Waals surface area contributed by atoms with Crippen molar-refractivity contribution in [1.82, 2.24) is 10.8 Å². The lowest BCUT2D eigenvalue weighted by molar-refractivity contribution is -0.192. The summed E-state index contributed by atoms with van der Waals surface area (Å²) in [5, 5.41) is 18.8. The molecule has 1 aromatic rings. The van der Waals surface area contributed by atoms with Gasteiger partial charge in [-0.3, -0.25) is 20.1 Å². The van der Waals surface area contributed by atoms with Gasteiger partial charge in [0.05, 0.1) is 0 Å². The third-order valence-electron chi connectivity index (χ3n) is 4.58. The van der Waals surface area contributed by atoms with E-state index in [4.69, 9.17) is 19.8 Å². The van der Waals surface area contributed by atoms with E-state index < -0.39 is 23.6 Å². The number of carboxylic acids is 1. The molecular formula is C21H27F3N2O6. The summed E-state index contributed by atoms with van der Waals surface area (Å²) in [4.78, 5) is 32.2. The van der Waals surface area contributed by atoms with E-state index in [1.807, 2.05) is 38.1 Å². The monoisotopic (exact) mass is 460 g/mol. The molecule has 0 aliphatic heterocycles. The highest BCUT2D eigenvalue weighted by atomic mass is 19.4. The minimum Gasteiger partial charge on any atom is -0.475 e. The number of benzene rings is 1. The molecule has 0 aromatic heterocycles. The average Bonchev–Trinajstić information content (AvgIpc) is 3.24. The fourth-order valence-corrected chi connectivity index (χ4v) is 2.66. The summed E-state index contributed by atoms with van der Waals surface area (Å²) in [6.45, 7) is 4.19. The van der Waals surface area contributed by atoms with E-state index in [1.54, 1.807) is 11.6 Å². The Morgan fingerprint density at radius 1 is 1.12 bits per heavy atom. The lowest BCUT2D eigenvalue weighted by Crippen LogP contribution is -2.48. The molecule has 1 aliphatic rings. The number of alkyl halides is 3. The molecule has 0 unspecified atom stereocenters. The second-order valence-corrected chi connectivity index (χ2v) is 7.64. The third-order valence-corrected chi connectivity index (χ3v) is 4.58. The summed E-state index contributed by atoms with van der Waals surface area (Å²) in [7, 11) is 0. The maximum atomic E-state index is 12.3. The van der Waals surface area contributed by atoms with Crippen LogP contribution >= 0.6 is 0 Å². The lowest BCUT2D eigenvalue weighted by Gasteiger charge is -2.26. The fourth-order valence-electron chi connectivity index (χ4n) is 2.66. The van der Waals surface area contributed by atoms with Crippen LogP contribution in [-0.2, 0) is 25.7 Å². The molecule has 1 aromatic carbocycles. The van der Waals surface area contributed by atoms with Gasteiger partial charge in [-0.2, -0.15) is 13.2 Å². The largest absolute Gasteiger partial charge is 0.490 e. The van der Waals surface area contributed by atoms with Crippen LogP contribution in [-0.4, -0.2) is 46.0 Å². The molecule has 178 valence electrons. The van der Waals surface area contributed by atoms with E-state index in [0.29, 0.717) is 6.54 Å². The van der Waals surface area contributed by atoms with E-state index in [-0.39, 0.29) is 12.1 Å². The molecule has 1 saturated carbocycles. The molecule has 0 radical (unpaired) electrons. The number of carbonyl (C=O) groups is 3. The molecule has 8 nitrogen and oxygen atoms in total. The summed E-state index contributed by atoms with van der Waals surface area (Å²) < 4.78 is 37.3. The molecule has 0 atom stereocenters. The molecule has 1 aliphatic carbocycles. The zero-order valence-electron chi connectivity index (χ0n) is 17.7. The summed E-state index contributed by atoms with van der Waals surface area (Å²) in [5.41, 5.74) is 2.65. The second-order valence-electron chi connectivity index (χ2n) is 7.64. The number of hydrogen-bond acceptors (Lipinski definition) is 6. The normalized spacial score (nSPS) is 14.6. The Kier molecular flexibility index (Phi) is 10.3. The molecule has 0 bridgehead atoms. The van der Waals surface area contributed by atoms with Gasteiger partial charge in [-0.1, -0.05) is 24.3 Å². The molecule has 0 spiro atoms. The summed E-state index contributed by atoms with van der Waals surface area (Å²) in [6.07, 6.45) is 2.02. The van der Waals surface area contributed by atoms with Gasteiger partial charge in [0.1, 0.15) is 11.6 Å². The van der Waals surface area contributed by atoms with Crippen LogP contribution in [0.3, 0.4) is 0 Å². The van der Waals surface area contributed by atoms with Gasteiger partial charge in [0.25, 0.3) is 5.91 Å². The number of rotatable bonds is 7. The number of aliphatic carboxylic acids is 1. The molecule has 32 heavy (non-hydrogen) atoms. The minimum absolute atomic E-state index is 0.0655. The Labute approximate surface area is 183 Å². The Hall–Kier alpha value is -2.92. The van der Waals surface area contributed by atoms with Crippen molar-refractivity contribution in [3.8, 4) is 0 Å². The zero-order valence-corrected chi connectivity index (χ0v) is 17.7. The first-order valence-corrected chi connectivity index (χ1v) is 9.82. The van der Waals surface area contributed by atoms with Crippen molar-refractivity contribution in [2.24, 2.45) is 0 Å². The first-order chi connectivity index (χ1) is 14.8. The zero-order chi connectivity index (χ0) is 24.4. The van der Waals surface area contributed by atoms with E-state index in [9.17, 15) is 22.8 Å². The van der Waals surface area contributed by atoms with Crippen molar-refractivity contribution in [2.75, 3.05) is 0 Å².